The quantitative estimate of drug-likeness (QED) is 0.577. The molecule has 4 rings (SSSR count). The summed E-state index contributed by atoms with van der Waals surface area (Å²) in [6.07, 6.45) is 2.72. The fraction of sp³-hybridized carbons (Fsp3) is 0.316. The Balaban J connectivity index is 1.31. The van der Waals surface area contributed by atoms with Crippen molar-refractivity contribution >= 4 is 39.9 Å². The van der Waals surface area contributed by atoms with Crippen LogP contribution in [0, 0.1) is 0 Å². The van der Waals surface area contributed by atoms with Crippen molar-refractivity contribution in [1.29, 1.82) is 0 Å². The third-order valence-corrected chi connectivity index (χ3v) is 5.91. The van der Waals surface area contributed by atoms with Crippen LogP contribution in [0.4, 0.5) is 5.13 Å². The van der Waals surface area contributed by atoms with Gasteiger partial charge in [0.15, 0.2) is 5.82 Å². The van der Waals surface area contributed by atoms with E-state index in [0.717, 1.165) is 54.9 Å². The molecule has 0 amide bonds. The summed E-state index contributed by atoms with van der Waals surface area (Å²) in [7, 11) is 0. The second kappa shape index (κ2) is 8.52. The second-order valence-electron chi connectivity index (χ2n) is 6.47. The molecule has 2 aromatic heterocycles. The van der Waals surface area contributed by atoms with Crippen LogP contribution in [0.1, 0.15) is 5.56 Å². The van der Waals surface area contributed by atoms with Gasteiger partial charge in [0.05, 0.1) is 0 Å². The highest BCUT2D eigenvalue weighted by atomic mass is 35.5. The second-order valence-corrected chi connectivity index (χ2v) is 8.03. The van der Waals surface area contributed by atoms with Crippen molar-refractivity contribution in [2.45, 2.75) is 6.42 Å². The fourth-order valence-electron chi connectivity index (χ4n) is 3.10. The maximum atomic E-state index is 5.96. The van der Waals surface area contributed by atoms with Crippen LogP contribution < -0.4 is 4.90 Å². The van der Waals surface area contributed by atoms with Gasteiger partial charge in [0.2, 0.25) is 5.13 Å². The number of pyridine rings is 1. The van der Waals surface area contributed by atoms with Crippen LogP contribution in [0.5, 0.6) is 0 Å². The van der Waals surface area contributed by atoms with Gasteiger partial charge in [-0.25, -0.2) is 4.98 Å². The summed E-state index contributed by atoms with van der Waals surface area (Å²) in [5.74, 6) is 0.712. The van der Waals surface area contributed by atoms with Gasteiger partial charge in [-0.1, -0.05) is 35.3 Å². The lowest BCUT2D eigenvalue weighted by Crippen LogP contribution is -2.47. The molecule has 27 heavy (non-hydrogen) atoms. The van der Waals surface area contributed by atoms with Crippen molar-refractivity contribution in [2.75, 3.05) is 37.6 Å². The van der Waals surface area contributed by atoms with Crippen LogP contribution in [0.25, 0.3) is 11.4 Å². The Morgan fingerprint density at radius 3 is 2.52 bits per heavy atom. The lowest BCUT2D eigenvalue weighted by Gasteiger charge is -2.34. The Morgan fingerprint density at radius 2 is 1.78 bits per heavy atom. The molecule has 1 aromatic carbocycles. The minimum atomic E-state index is 0.457. The summed E-state index contributed by atoms with van der Waals surface area (Å²) in [5.41, 5.74) is 2.23. The van der Waals surface area contributed by atoms with Gasteiger partial charge < -0.3 is 4.90 Å². The van der Waals surface area contributed by atoms with Gasteiger partial charge in [-0.3, -0.25) is 4.90 Å². The molecule has 0 aliphatic carbocycles. The van der Waals surface area contributed by atoms with Crippen LogP contribution in [0.2, 0.25) is 10.2 Å². The van der Waals surface area contributed by atoms with E-state index in [2.05, 4.69) is 36.3 Å². The smallest absolute Gasteiger partial charge is 0.205 e. The molecular weight excluding hydrogens is 401 g/mol. The van der Waals surface area contributed by atoms with E-state index in [-0.39, 0.29) is 0 Å². The zero-order valence-corrected chi connectivity index (χ0v) is 17.0. The SMILES string of the molecule is Clc1ccc(CCN2CCN(c3nc(-c4ccnc(Cl)c4)ns3)CC2)cc1. The summed E-state index contributed by atoms with van der Waals surface area (Å²) in [6.45, 7) is 5.05. The standard InChI is InChI=1S/C19H19Cl2N5S/c20-16-3-1-14(2-4-16)6-8-25-9-11-26(12-10-25)19-23-18(24-27-19)15-5-7-22-17(21)13-15/h1-5,7,13H,6,8-12H2. The van der Waals surface area contributed by atoms with Crippen molar-refractivity contribution in [3.05, 3.63) is 58.3 Å². The van der Waals surface area contributed by atoms with E-state index >= 15 is 0 Å². The molecule has 0 N–H and O–H groups in total. The van der Waals surface area contributed by atoms with E-state index in [1.54, 1.807) is 12.3 Å². The highest BCUT2D eigenvalue weighted by Gasteiger charge is 2.20. The van der Waals surface area contributed by atoms with Crippen molar-refractivity contribution in [2.24, 2.45) is 0 Å². The maximum absolute atomic E-state index is 5.96. The lowest BCUT2D eigenvalue weighted by atomic mass is 10.1. The maximum Gasteiger partial charge on any atom is 0.205 e. The molecule has 1 saturated heterocycles. The lowest BCUT2D eigenvalue weighted by molar-refractivity contribution is 0.261. The molecular formula is C19H19Cl2N5S. The molecule has 0 bridgehead atoms. The topological polar surface area (TPSA) is 45.2 Å². The number of aromatic nitrogens is 3. The molecule has 0 spiro atoms. The highest BCUT2D eigenvalue weighted by molar-refractivity contribution is 7.09. The van der Waals surface area contributed by atoms with Crippen molar-refractivity contribution in [3.8, 4) is 11.4 Å². The molecule has 1 aliphatic heterocycles. The summed E-state index contributed by atoms with van der Waals surface area (Å²) < 4.78 is 4.48. The summed E-state index contributed by atoms with van der Waals surface area (Å²) >= 11 is 13.3. The molecule has 8 heteroatoms. The number of hydrogen-bond donors (Lipinski definition) is 0. The number of hydrogen-bond acceptors (Lipinski definition) is 6. The molecule has 3 aromatic rings. The molecule has 0 unspecified atom stereocenters. The number of nitrogens with zero attached hydrogens (tertiary/aromatic N) is 5. The number of anilines is 1. The largest absolute Gasteiger partial charge is 0.344 e. The Morgan fingerprint density at radius 1 is 1.00 bits per heavy atom. The molecule has 5 nitrogen and oxygen atoms in total. The van der Waals surface area contributed by atoms with E-state index in [1.807, 2.05) is 18.2 Å². The average Bonchev–Trinajstić information content (AvgIpc) is 3.18. The first kappa shape index (κ1) is 18.6. The summed E-state index contributed by atoms with van der Waals surface area (Å²) in [4.78, 5) is 13.5. The van der Waals surface area contributed by atoms with Gasteiger partial charge in [-0.2, -0.15) is 9.36 Å². The molecule has 1 aliphatic rings. The first-order chi connectivity index (χ1) is 13.2. The molecule has 0 radical (unpaired) electrons. The van der Waals surface area contributed by atoms with Crippen LogP contribution in [-0.2, 0) is 6.42 Å². The molecule has 0 saturated carbocycles. The van der Waals surface area contributed by atoms with Gasteiger partial charge in [0, 0.05) is 61.0 Å². The Labute approximate surface area is 172 Å². The Bertz CT molecular complexity index is 891. The zero-order valence-electron chi connectivity index (χ0n) is 14.7. The van der Waals surface area contributed by atoms with E-state index in [0.29, 0.717) is 11.0 Å². The third-order valence-electron chi connectivity index (χ3n) is 4.67. The van der Waals surface area contributed by atoms with E-state index in [4.69, 9.17) is 23.2 Å². The molecule has 3 heterocycles. The van der Waals surface area contributed by atoms with E-state index < -0.39 is 0 Å². The van der Waals surface area contributed by atoms with E-state index in [9.17, 15) is 0 Å². The van der Waals surface area contributed by atoms with Gasteiger partial charge in [0.1, 0.15) is 5.15 Å². The predicted octanol–water partition coefficient (Wildman–Crippen LogP) is 4.27. The van der Waals surface area contributed by atoms with Gasteiger partial charge >= 0.3 is 0 Å². The van der Waals surface area contributed by atoms with Crippen molar-refractivity contribution < 1.29 is 0 Å². The average molecular weight is 420 g/mol. The van der Waals surface area contributed by atoms with Crippen molar-refractivity contribution in [3.63, 3.8) is 0 Å². The van der Waals surface area contributed by atoms with Crippen molar-refractivity contribution in [1.82, 2.24) is 19.2 Å². The third kappa shape index (κ3) is 4.76. The van der Waals surface area contributed by atoms with Crippen LogP contribution >= 0.6 is 34.7 Å². The first-order valence-corrected chi connectivity index (χ1v) is 10.4. The van der Waals surface area contributed by atoms with Gasteiger partial charge in [0.25, 0.3) is 0 Å². The monoisotopic (exact) mass is 419 g/mol. The number of benzene rings is 1. The number of piperazine rings is 1. The Kier molecular flexibility index (Phi) is 5.88. The minimum absolute atomic E-state index is 0.457. The predicted molar refractivity (Wildman–Crippen MR) is 112 cm³/mol. The van der Waals surface area contributed by atoms with Crippen LogP contribution in [0.15, 0.2) is 42.6 Å². The first-order valence-electron chi connectivity index (χ1n) is 8.85. The van der Waals surface area contributed by atoms with Gasteiger partial charge in [-0.05, 0) is 36.2 Å². The van der Waals surface area contributed by atoms with Crippen LogP contribution in [0.3, 0.4) is 0 Å². The Hall–Kier alpha value is -1.73. The number of halogens is 2. The fourth-order valence-corrected chi connectivity index (χ4v) is 4.14. The highest BCUT2D eigenvalue weighted by Crippen LogP contribution is 2.25. The van der Waals surface area contributed by atoms with Crippen LogP contribution in [-0.4, -0.2) is 52.0 Å². The number of rotatable bonds is 5. The minimum Gasteiger partial charge on any atom is -0.344 e. The van der Waals surface area contributed by atoms with E-state index in [1.165, 1.54) is 17.1 Å². The molecule has 1 fully saturated rings. The molecule has 0 atom stereocenters. The summed E-state index contributed by atoms with van der Waals surface area (Å²) in [5, 5.41) is 2.21. The normalized spacial score (nSPS) is 15.3. The molecule has 140 valence electrons. The zero-order chi connectivity index (χ0) is 18.6. The van der Waals surface area contributed by atoms with Gasteiger partial charge in [-0.15, -0.1) is 0 Å². The summed E-state index contributed by atoms with van der Waals surface area (Å²) in [6, 6.07) is 11.8.